The fraction of sp³-hybridized carbons (Fsp3) is 0.375. The predicted molar refractivity (Wildman–Crippen MR) is 131 cm³/mol. The SMILES string of the molecule is CCN(CC)c1nc(-c2cccc(S(C)(=O)=O)c2)nc(N2CC(N)C(c3cc(F)c(F)cc3F)C2)n1. The summed E-state index contributed by atoms with van der Waals surface area (Å²) in [5.74, 6) is -2.97. The molecule has 12 heteroatoms. The number of anilines is 2. The minimum atomic E-state index is -3.45. The van der Waals surface area contributed by atoms with E-state index in [1.54, 1.807) is 17.0 Å². The van der Waals surface area contributed by atoms with Gasteiger partial charge in [0.15, 0.2) is 27.3 Å². The lowest BCUT2D eigenvalue weighted by atomic mass is 9.94. The van der Waals surface area contributed by atoms with Gasteiger partial charge in [-0.25, -0.2) is 21.6 Å². The molecular weight excluding hydrogens is 493 g/mol. The topological polar surface area (TPSA) is 105 Å². The molecule has 2 atom stereocenters. The molecule has 1 saturated heterocycles. The van der Waals surface area contributed by atoms with Crippen molar-refractivity contribution in [3.05, 3.63) is 59.4 Å². The summed E-state index contributed by atoms with van der Waals surface area (Å²) in [6, 6.07) is 7.08. The van der Waals surface area contributed by atoms with Gasteiger partial charge in [-0.15, -0.1) is 0 Å². The molecule has 2 aromatic carbocycles. The van der Waals surface area contributed by atoms with Crippen LogP contribution in [0, 0.1) is 17.5 Å². The molecule has 0 aliphatic carbocycles. The lowest BCUT2D eigenvalue weighted by Crippen LogP contribution is -2.30. The summed E-state index contributed by atoms with van der Waals surface area (Å²) in [5.41, 5.74) is 6.77. The zero-order valence-electron chi connectivity index (χ0n) is 20.1. The molecule has 2 heterocycles. The fourth-order valence-corrected chi connectivity index (χ4v) is 4.95. The number of hydrogen-bond donors (Lipinski definition) is 1. The molecule has 4 rings (SSSR count). The maximum atomic E-state index is 14.5. The van der Waals surface area contributed by atoms with Gasteiger partial charge >= 0.3 is 0 Å². The minimum absolute atomic E-state index is 0.0111. The lowest BCUT2D eigenvalue weighted by molar-refractivity contribution is 0.482. The molecular formula is C24H27F3N6O2S. The van der Waals surface area contributed by atoms with Crippen molar-refractivity contribution in [2.24, 2.45) is 5.73 Å². The van der Waals surface area contributed by atoms with Gasteiger partial charge in [0.25, 0.3) is 0 Å². The molecule has 2 unspecified atom stereocenters. The number of nitrogens with zero attached hydrogens (tertiary/aromatic N) is 5. The second kappa shape index (κ2) is 10.0. The van der Waals surface area contributed by atoms with Crippen molar-refractivity contribution in [1.82, 2.24) is 15.0 Å². The van der Waals surface area contributed by atoms with Gasteiger partial charge < -0.3 is 15.5 Å². The molecule has 0 amide bonds. The summed E-state index contributed by atoms with van der Waals surface area (Å²) < 4.78 is 66.0. The molecule has 1 aromatic heterocycles. The molecule has 0 radical (unpaired) electrons. The molecule has 8 nitrogen and oxygen atoms in total. The summed E-state index contributed by atoms with van der Waals surface area (Å²) in [7, 11) is -3.45. The number of benzene rings is 2. The van der Waals surface area contributed by atoms with Gasteiger partial charge in [0.2, 0.25) is 11.9 Å². The van der Waals surface area contributed by atoms with Crippen LogP contribution in [0.1, 0.15) is 25.3 Å². The summed E-state index contributed by atoms with van der Waals surface area (Å²) >= 11 is 0. The second-order valence-corrected chi connectivity index (χ2v) is 10.7. The van der Waals surface area contributed by atoms with Crippen LogP contribution in [0.3, 0.4) is 0 Å². The van der Waals surface area contributed by atoms with E-state index in [1.807, 2.05) is 18.7 Å². The number of rotatable bonds is 7. The largest absolute Gasteiger partial charge is 0.341 e. The third-order valence-electron chi connectivity index (χ3n) is 6.27. The summed E-state index contributed by atoms with van der Waals surface area (Å²) in [5, 5.41) is 0. The number of aromatic nitrogens is 3. The first-order valence-electron chi connectivity index (χ1n) is 11.5. The Morgan fingerprint density at radius 1 is 1.00 bits per heavy atom. The molecule has 36 heavy (non-hydrogen) atoms. The van der Waals surface area contributed by atoms with Gasteiger partial charge in [-0.1, -0.05) is 12.1 Å². The smallest absolute Gasteiger partial charge is 0.230 e. The molecule has 1 aliphatic heterocycles. The highest BCUT2D eigenvalue weighted by Gasteiger charge is 2.35. The highest BCUT2D eigenvalue weighted by atomic mass is 32.2. The van der Waals surface area contributed by atoms with Crippen LogP contribution >= 0.6 is 0 Å². The predicted octanol–water partition coefficient (Wildman–Crippen LogP) is 3.14. The first-order chi connectivity index (χ1) is 17.0. The Balaban J connectivity index is 1.76. The van der Waals surface area contributed by atoms with Crippen LogP contribution in [0.4, 0.5) is 25.1 Å². The Morgan fingerprint density at radius 3 is 2.36 bits per heavy atom. The fourth-order valence-electron chi connectivity index (χ4n) is 4.28. The molecule has 1 fully saturated rings. The van der Waals surface area contributed by atoms with Crippen molar-refractivity contribution in [3.8, 4) is 11.4 Å². The monoisotopic (exact) mass is 520 g/mol. The highest BCUT2D eigenvalue weighted by molar-refractivity contribution is 7.90. The first kappa shape index (κ1) is 25.8. The Kier molecular flexibility index (Phi) is 7.19. The summed E-state index contributed by atoms with van der Waals surface area (Å²) in [6.45, 7) is 5.55. The standard InChI is InChI=1S/C24H27F3N6O2S/c1-4-32(5-2)23-29-22(14-7-6-8-15(9-14)36(3,34)35)30-24(31-23)33-12-17(21(28)13-33)16-10-19(26)20(27)11-18(16)25/h6-11,17,21H,4-5,12-13,28H2,1-3H3. The van der Waals surface area contributed by atoms with Crippen LogP contribution in [0.5, 0.6) is 0 Å². The van der Waals surface area contributed by atoms with E-state index in [2.05, 4.69) is 15.0 Å². The van der Waals surface area contributed by atoms with E-state index >= 15 is 0 Å². The zero-order valence-corrected chi connectivity index (χ0v) is 20.9. The average Bonchev–Trinajstić information content (AvgIpc) is 3.23. The van der Waals surface area contributed by atoms with Crippen LogP contribution in [0.2, 0.25) is 0 Å². The van der Waals surface area contributed by atoms with E-state index in [4.69, 9.17) is 5.73 Å². The number of sulfone groups is 1. The number of nitrogens with two attached hydrogens (primary N) is 1. The van der Waals surface area contributed by atoms with Crippen molar-refractivity contribution in [3.63, 3.8) is 0 Å². The number of halogens is 3. The van der Waals surface area contributed by atoms with Crippen LogP contribution in [0.15, 0.2) is 41.3 Å². The summed E-state index contributed by atoms with van der Waals surface area (Å²) in [6.07, 6.45) is 1.12. The highest BCUT2D eigenvalue weighted by Crippen LogP contribution is 2.33. The zero-order chi connectivity index (χ0) is 26.2. The van der Waals surface area contributed by atoms with E-state index < -0.39 is 39.2 Å². The van der Waals surface area contributed by atoms with Crippen molar-refractivity contribution < 1.29 is 21.6 Å². The van der Waals surface area contributed by atoms with Crippen LogP contribution in [0.25, 0.3) is 11.4 Å². The van der Waals surface area contributed by atoms with Crippen molar-refractivity contribution >= 4 is 21.7 Å². The molecule has 0 bridgehead atoms. The van der Waals surface area contributed by atoms with Crippen molar-refractivity contribution in [1.29, 1.82) is 0 Å². The molecule has 3 aromatic rings. The lowest BCUT2D eigenvalue weighted by Gasteiger charge is -2.22. The van der Waals surface area contributed by atoms with Crippen LogP contribution < -0.4 is 15.5 Å². The Bertz CT molecular complexity index is 1380. The maximum absolute atomic E-state index is 14.5. The van der Waals surface area contributed by atoms with E-state index in [9.17, 15) is 21.6 Å². The van der Waals surface area contributed by atoms with Gasteiger partial charge in [-0.3, -0.25) is 0 Å². The van der Waals surface area contributed by atoms with Gasteiger partial charge in [0, 0.05) is 56.0 Å². The molecule has 0 saturated carbocycles. The van der Waals surface area contributed by atoms with Crippen LogP contribution in [-0.4, -0.2) is 61.8 Å². The normalized spacial score (nSPS) is 18.0. The van der Waals surface area contributed by atoms with Crippen molar-refractivity contribution in [2.45, 2.75) is 30.7 Å². The summed E-state index contributed by atoms with van der Waals surface area (Å²) in [4.78, 5) is 17.5. The third-order valence-corrected chi connectivity index (χ3v) is 7.38. The minimum Gasteiger partial charge on any atom is -0.341 e. The Morgan fingerprint density at radius 2 is 1.69 bits per heavy atom. The van der Waals surface area contributed by atoms with E-state index in [0.717, 1.165) is 12.3 Å². The van der Waals surface area contributed by atoms with E-state index in [0.29, 0.717) is 30.7 Å². The van der Waals surface area contributed by atoms with E-state index in [1.165, 1.54) is 12.1 Å². The Labute approximate surface area is 207 Å². The van der Waals surface area contributed by atoms with Gasteiger partial charge in [-0.05, 0) is 37.6 Å². The maximum Gasteiger partial charge on any atom is 0.230 e. The quantitative estimate of drug-likeness (QED) is 0.474. The number of hydrogen-bond acceptors (Lipinski definition) is 8. The van der Waals surface area contributed by atoms with E-state index in [-0.39, 0.29) is 35.3 Å². The molecule has 0 spiro atoms. The van der Waals surface area contributed by atoms with Crippen molar-refractivity contribution in [2.75, 3.05) is 42.2 Å². The molecule has 192 valence electrons. The molecule has 1 aliphatic rings. The van der Waals surface area contributed by atoms with Gasteiger partial charge in [0.05, 0.1) is 4.90 Å². The van der Waals surface area contributed by atoms with Crippen LogP contribution in [-0.2, 0) is 9.84 Å². The van der Waals surface area contributed by atoms with Gasteiger partial charge in [-0.2, -0.15) is 15.0 Å². The molecule has 2 N–H and O–H groups in total. The van der Waals surface area contributed by atoms with Gasteiger partial charge in [0.1, 0.15) is 5.82 Å². The second-order valence-electron chi connectivity index (χ2n) is 8.69. The average molecular weight is 521 g/mol. The Hall–Kier alpha value is -3.25. The first-order valence-corrected chi connectivity index (χ1v) is 13.4. The third kappa shape index (κ3) is 5.14.